The van der Waals surface area contributed by atoms with Gasteiger partial charge >= 0.3 is 6.09 Å². The van der Waals surface area contributed by atoms with Crippen LogP contribution in [0.25, 0.3) is 0 Å². The second kappa shape index (κ2) is 8.60. The van der Waals surface area contributed by atoms with Crippen molar-refractivity contribution in [3.63, 3.8) is 0 Å². The SMILES string of the molecule is CC(C)(C)OC(=O)N1CCCC(C(=O)N2CCN(c3cccc(Cl)c3)CC2)C1. The van der Waals surface area contributed by atoms with Crippen molar-refractivity contribution in [1.82, 2.24) is 9.80 Å². The van der Waals surface area contributed by atoms with Gasteiger partial charge in [-0.15, -0.1) is 0 Å². The molecule has 0 N–H and O–H groups in total. The van der Waals surface area contributed by atoms with Crippen LogP contribution in [0.3, 0.4) is 0 Å². The number of benzene rings is 1. The molecule has 1 aromatic rings. The van der Waals surface area contributed by atoms with Gasteiger partial charge in [-0.1, -0.05) is 17.7 Å². The van der Waals surface area contributed by atoms with E-state index in [-0.39, 0.29) is 17.9 Å². The highest BCUT2D eigenvalue weighted by Crippen LogP contribution is 2.24. The van der Waals surface area contributed by atoms with Crippen LogP contribution < -0.4 is 4.90 Å². The summed E-state index contributed by atoms with van der Waals surface area (Å²) >= 11 is 6.09. The number of amides is 2. The number of piperazine rings is 1. The van der Waals surface area contributed by atoms with Crippen LogP contribution in [0, 0.1) is 5.92 Å². The molecule has 2 aliphatic heterocycles. The Labute approximate surface area is 172 Å². The Morgan fingerprint density at radius 1 is 1.07 bits per heavy atom. The number of hydrogen-bond donors (Lipinski definition) is 0. The first-order chi connectivity index (χ1) is 13.2. The lowest BCUT2D eigenvalue weighted by molar-refractivity contribution is -0.137. The Balaban J connectivity index is 1.54. The highest BCUT2D eigenvalue weighted by molar-refractivity contribution is 6.30. The predicted molar refractivity (Wildman–Crippen MR) is 111 cm³/mol. The summed E-state index contributed by atoms with van der Waals surface area (Å²) in [6.45, 7) is 9.62. The van der Waals surface area contributed by atoms with Crippen LogP contribution in [0.1, 0.15) is 33.6 Å². The number of anilines is 1. The van der Waals surface area contributed by atoms with Gasteiger partial charge in [0.1, 0.15) is 5.60 Å². The standard InChI is InChI=1S/C21H30ClN3O3/c1-21(2,3)28-20(27)25-9-5-6-16(15-25)19(26)24-12-10-23(11-13-24)18-8-4-7-17(22)14-18/h4,7-8,14,16H,5-6,9-13,15H2,1-3H3. The van der Waals surface area contributed by atoms with E-state index in [4.69, 9.17) is 16.3 Å². The zero-order valence-electron chi connectivity index (χ0n) is 17.0. The van der Waals surface area contributed by atoms with E-state index in [9.17, 15) is 9.59 Å². The first-order valence-corrected chi connectivity index (χ1v) is 10.4. The lowest BCUT2D eigenvalue weighted by Crippen LogP contribution is -2.53. The summed E-state index contributed by atoms with van der Waals surface area (Å²) in [6, 6.07) is 7.81. The van der Waals surface area contributed by atoms with Crippen molar-refractivity contribution in [2.24, 2.45) is 5.92 Å². The predicted octanol–water partition coefficient (Wildman–Crippen LogP) is 3.64. The maximum absolute atomic E-state index is 13.0. The number of piperidine rings is 1. The maximum atomic E-state index is 13.0. The van der Waals surface area contributed by atoms with Gasteiger partial charge in [0.25, 0.3) is 0 Å². The number of hydrogen-bond acceptors (Lipinski definition) is 4. The average molecular weight is 408 g/mol. The Hall–Kier alpha value is -1.95. The topological polar surface area (TPSA) is 53.1 Å². The molecule has 0 bridgehead atoms. The van der Waals surface area contributed by atoms with Gasteiger partial charge in [0.15, 0.2) is 0 Å². The fraction of sp³-hybridized carbons (Fsp3) is 0.619. The normalized spacial score (nSPS) is 20.9. The molecule has 0 aromatic heterocycles. The van der Waals surface area contributed by atoms with Gasteiger partial charge in [0.05, 0.1) is 5.92 Å². The van der Waals surface area contributed by atoms with Crippen molar-refractivity contribution in [1.29, 1.82) is 0 Å². The van der Waals surface area contributed by atoms with Crippen LogP contribution in [-0.2, 0) is 9.53 Å². The fourth-order valence-corrected chi connectivity index (χ4v) is 3.97. The summed E-state index contributed by atoms with van der Waals surface area (Å²) in [5.74, 6) is 0.0120. The first-order valence-electron chi connectivity index (χ1n) is 10.0. The lowest BCUT2D eigenvalue weighted by Gasteiger charge is -2.40. The van der Waals surface area contributed by atoms with Gasteiger partial charge in [-0.25, -0.2) is 4.79 Å². The molecule has 6 nitrogen and oxygen atoms in total. The monoisotopic (exact) mass is 407 g/mol. The van der Waals surface area contributed by atoms with Gasteiger partial charge in [-0.05, 0) is 51.8 Å². The molecule has 0 aliphatic carbocycles. The molecule has 2 aliphatic rings. The van der Waals surface area contributed by atoms with Crippen molar-refractivity contribution in [3.05, 3.63) is 29.3 Å². The fourth-order valence-electron chi connectivity index (χ4n) is 3.79. The molecule has 154 valence electrons. The number of rotatable bonds is 2. The van der Waals surface area contributed by atoms with E-state index in [1.165, 1.54) is 0 Å². The van der Waals surface area contributed by atoms with Gasteiger partial charge in [0.2, 0.25) is 5.91 Å². The molecule has 1 unspecified atom stereocenters. The van der Waals surface area contributed by atoms with Gasteiger partial charge in [0, 0.05) is 50.0 Å². The van der Waals surface area contributed by atoms with Gasteiger partial charge < -0.3 is 19.4 Å². The molecule has 2 saturated heterocycles. The minimum absolute atomic E-state index is 0.140. The zero-order valence-corrected chi connectivity index (χ0v) is 17.7. The first kappa shape index (κ1) is 20.8. The average Bonchev–Trinajstić information content (AvgIpc) is 2.66. The number of carbonyl (C=O) groups is 2. The highest BCUT2D eigenvalue weighted by Gasteiger charge is 2.34. The molecule has 1 aromatic carbocycles. The molecule has 28 heavy (non-hydrogen) atoms. The third-order valence-electron chi connectivity index (χ3n) is 5.19. The van der Waals surface area contributed by atoms with Gasteiger partial charge in [-0.2, -0.15) is 0 Å². The van der Waals surface area contributed by atoms with Crippen molar-refractivity contribution in [2.75, 3.05) is 44.2 Å². The number of ether oxygens (including phenoxy) is 1. The van der Waals surface area contributed by atoms with E-state index in [0.717, 1.165) is 36.6 Å². The summed E-state index contributed by atoms with van der Waals surface area (Å²) in [7, 11) is 0. The van der Waals surface area contributed by atoms with Gasteiger partial charge in [-0.3, -0.25) is 4.79 Å². The molecule has 0 spiro atoms. The number of halogens is 1. The minimum atomic E-state index is -0.523. The molecular weight excluding hydrogens is 378 g/mol. The number of likely N-dealkylation sites (tertiary alicyclic amines) is 1. The van der Waals surface area contributed by atoms with Crippen LogP contribution in [-0.4, -0.2) is 66.7 Å². The highest BCUT2D eigenvalue weighted by atomic mass is 35.5. The molecule has 2 heterocycles. The largest absolute Gasteiger partial charge is 0.444 e. The van der Waals surface area contributed by atoms with Crippen LogP contribution >= 0.6 is 11.6 Å². The van der Waals surface area contributed by atoms with Crippen LogP contribution in [0.4, 0.5) is 10.5 Å². The molecule has 1 atom stereocenters. The minimum Gasteiger partial charge on any atom is -0.444 e. The van der Waals surface area contributed by atoms with Crippen LogP contribution in [0.15, 0.2) is 24.3 Å². The van der Waals surface area contributed by atoms with Crippen molar-refractivity contribution >= 4 is 29.3 Å². The van der Waals surface area contributed by atoms with Crippen molar-refractivity contribution in [3.8, 4) is 0 Å². The summed E-state index contributed by atoms with van der Waals surface area (Å²) in [6.07, 6.45) is 1.33. The Kier molecular flexibility index (Phi) is 6.38. The summed E-state index contributed by atoms with van der Waals surface area (Å²) < 4.78 is 5.47. The third-order valence-corrected chi connectivity index (χ3v) is 5.42. The van der Waals surface area contributed by atoms with E-state index in [0.29, 0.717) is 26.2 Å². The Morgan fingerprint density at radius 2 is 1.79 bits per heavy atom. The summed E-state index contributed by atoms with van der Waals surface area (Å²) in [5.41, 5.74) is 0.568. The Morgan fingerprint density at radius 3 is 2.43 bits per heavy atom. The number of nitrogens with zero attached hydrogens (tertiary/aromatic N) is 3. The van der Waals surface area contributed by atoms with E-state index in [1.807, 2.05) is 49.9 Å². The van der Waals surface area contributed by atoms with Crippen LogP contribution in [0.5, 0.6) is 0 Å². The summed E-state index contributed by atoms with van der Waals surface area (Å²) in [4.78, 5) is 31.2. The summed E-state index contributed by atoms with van der Waals surface area (Å²) in [5, 5.41) is 0.723. The second-order valence-electron chi connectivity index (χ2n) is 8.56. The second-order valence-corrected chi connectivity index (χ2v) is 8.99. The molecule has 7 heteroatoms. The molecule has 0 saturated carbocycles. The molecule has 2 fully saturated rings. The number of carbonyl (C=O) groups excluding carboxylic acids is 2. The Bertz CT molecular complexity index is 711. The molecule has 0 radical (unpaired) electrons. The lowest BCUT2D eigenvalue weighted by atomic mass is 9.96. The zero-order chi connectivity index (χ0) is 20.3. The molecule has 2 amide bonds. The molecule has 3 rings (SSSR count). The van der Waals surface area contributed by atoms with Crippen molar-refractivity contribution in [2.45, 2.75) is 39.2 Å². The third kappa shape index (κ3) is 5.31. The smallest absolute Gasteiger partial charge is 0.410 e. The molecular formula is C21H30ClN3O3. The van der Waals surface area contributed by atoms with E-state index < -0.39 is 5.60 Å². The maximum Gasteiger partial charge on any atom is 0.410 e. The van der Waals surface area contributed by atoms with E-state index in [1.54, 1.807) is 4.90 Å². The quantitative estimate of drug-likeness (QED) is 0.751. The van der Waals surface area contributed by atoms with Crippen LogP contribution in [0.2, 0.25) is 5.02 Å². The van der Waals surface area contributed by atoms with Crippen molar-refractivity contribution < 1.29 is 14.3 Å². The van der Waals surface area contributed by atoms with E-state index in [2.05, 4.69) is 4.90 Å². The van der Waals surface area contributed by atoms with E-state index >= 15 is 0 Å².